The Morgan fingerprint density at radius 3 is 1.73 bits per heavy atom. The summed E-state index contributed by atoms with van der Waals surface area (Å²) in [6.45, 7) is 0.0582. The number of benzene rings is 4. The van der Waals surface area contributed by atoms with Crippen molar-refractivity contribution in [2.24, 2.45) is 0 Å². The van der Waals surface area contributed by atoms with E-state index < -0.39 is 23.3 Å². The van der Waals surface area contributed by atoms with E-state index in [1.807, 2.05) is 0 Å². The van der Waals surface area contributed by atoms with Gasteiger partial charge >= 0.3 is 0 Å². The number of phenols is 1. The normalized spacial score (nSPS) is 11.2. The van der Waals surface area contributed by atoms with Gasteiger partial charge in [0.1, 0.15) is 29.0 Å². The maximum absolute atomic E-state index is 15.0. The van der Waals surface area contributed by atoms with Crippen LogP contribution < -0.4 is 4.90 Å². The number of hydrogen-bond donors (Lipinski definition) is 1. The Labute approximate surface area is 212 Å². The van der Waals surface area contributed by atoms with Crippen molar-refractivity contribution in [3.05, 3.63) is 126 Å². The van der Waals surface area contributed by atoms with Crippen molar-refractivity contribution in [3.8, 4) is 40.3 Å². The highest BCUT2D eigenvalue weighted by Crippen LogP contribution is 2.46. The van der Waals surface area contributed by atoms with Gasteiger partial charge in [0.25, 0.3) is 0 Å². The lowest BCUT2D eigenvalue weighted by atomic mass is 9.93. The molecule has 0 saturated carbocycles. The molecule has 0 bridgehead atoms. The molecule has 184 valence electrons. The molecule has 0 aliphatic carbocycles. The topological polar surface area (TPSA) is 23.5 Å². The fourth-order valence-electron chi connectivity index (χ4n) is 4.11. The fraction of sp³-hybridized carbons (Fsp3) is 0.0323. The molecule has 0 aliphatic heterocycles. The fourth-order valence-corrected chi connectivity index (χ4v) is 4.11. The second kappa shape index (κ2) is 11.3. The Hall–Kier alpha value is -4.76. The van der Waals surface area contributed by atoms with E-state index in [9.17, 15) is 5.11 Å². The zero-order valence-electron chi connectivity index (χ0n) is 19.5. The number of rotatable bonds is 7. The Kier molecular flexibility index (Phi) is 7.75. The molecule has 4 rings (SSSR count). The molecule has 0 amide bonds. The molecule has 37 heavy (non-hydrogen) atoms. The molecule has 4 aromatic rings. The van der Waals surface area contributed by atoms with Gasteiger partial charge in [0.05, 0.1) is 22.5 Å². The van der Waals surface area contributed by atoms with E-state index in [1.54, 1.807) is 36.4 Å². The van der Waals surface area contributed by atoms with Crippen molar-refractivity contribution < 1.29 is 22.7 Å². The summed E-state index contributed by atoms with van der Waals surface area (Å²) < 4.78 is 60.2. The predicted octanol–water partition coefficient (Wildman–Crippen LogP) is 8.17. The summed E-state index contributed by atoms with van der Waals surface area (Å²) in [6, 6.07) is 17.6. The first kappa shape index (κ1) is 25.3. The number of anilines is 2. The van der Waals surface area contributed by atoms with Gasteiger partial charge in [-0.25, -0.2) is 17.6 Å². The zero-order valence-corrected chi connectivity index (χ0v) is 19.5. The molecule has 0 aromatic heterocycles. The van der Waals surface area contributed by atoms with E-state index in [0.29, 0.717) is 0 Å². The monoisotopic (exact) mass is 499 g/mol. The van der Waals surface area contributed by atoms with Gasteiger partial charge in [0, 0.05) is 17.7 Å². The smallest absolute Gasteiger partial charge is 0.139 e. The third-order valence-electron chi connectivity index (χ3n) is 5.67. The molecule has 0 spiro atoms. The molecule has 6 heteroatoms. The molecule has 0 saturated heterocycles. The summed E-state index contributed by atoms with van der Waals surface area (Å²) in [5.74, 6) is -1.18. The average Bonchev–Trinajstić information content (AvgIpc) is 2.87. The van der Waals surface area contributed by atoms with Crippen LogP contribution in [-0.2, 0) is 0 Å². The van der Waals surface area contributed by atoms with Crippen molar-refractivity contribution in [1.29, 1.82) is 0 Å². The molecule has 0 aliphatic rings. The van der Waals surface area contributed by atoms with Crippen molar-refractivity contribution in [2.75, 3.05) is 11.4 Å². The molecular weight excluding hydrogens is 478 g/mol. The Balaban J connectivity index is 2.09. The van der Waals surface area contributed by atoms with Crippen molar-refractivity contribution >= 4 is 11.4 Å². The summed E-state index contributed by atoms with van der Waals surface area (Å²) in [5.41, 5.74) is -0.281. The quantitative estimate of drug-likeness (QED) is 0.158. The summed E-state index contributed by atoms with van der Waals surface area (Å²) in [4.78, 5) is 1.54. The third-order valence-corrected chi connectivity index (χ3v) is 5.67. The minimum absolute atomic E-state index is 0.0478. The van der Waals surface area contributed by atoms with E-state index in [-0.39, 0.29) is 45.9 Å². The average molecular weight is 500 g/mol. The standard InChI is InChI=1S/C31H21F4NO/c1-2-3-4-5-8-20-36(27-18-6-7-19-28(27)37)31-21(29-23(32)14-10-15-24(29)33)12-9-13-22(31)30-25(34)16-11-17-26(30)35/h1,3-19,37H,20H2/b4-3-,8-5-. The minimum Gasteiger partial charge on any atom is -0.506 e. The molecule has 0 atom stereocenters. The minimum atomic E-state index is -0.850. The van der Waals surface area contributed by atoms with E-state index in [1.165, 1.54) is 47.4 Å². The SMILES string of the molecule is C#C/C=C\C=C/CN(c1ccccc1O)c1c(-c2c(F)cccc2F)cccc1-c1c(F)cccc1F. The number of halogens is 4. The molecule has 4 aromatic carbocycles. The maximum atomic E-state index is 15.0. The summed E-state index contributed by atoms with van der Waals surface area (Å²) in [6.07, 6.45) is 11.7. The van der Waals surface area contributed by atoms with Crippen LogP contribution in [0.2, 0.25) is 0 Å². The summed E-state index contributed by atoms with van der Waals surface area (Å²) >= 11 is 0. The van der Waals surface area contributed by atoms with Crippen LogP contribution in [0.25, 0.3) is 22.3 Å². The zero-order chi connectivity index (χ0) is 26.4. The second-order valence-electron chi connectivity index (χ2n) is 7.95. The Bertz CT molecular complexity index is 1420. The van der Waals surface area contributed by atoms with Crippen molar-refractivity contribution in [3.63, 3.8) is 0 Å². The van der Waals surface area contributed by atoms with Crippen molar-refractivity contribution in [1.82, 2.24) is 0 Å². The number of para-hydroxylation sites is 3. The van der Waals surface area contributed by atoms with Crippen LogP contribution in [-0.4, -0.2) is 11.7 Å². The van der Waals surface area contributed by atoms with Crippen LogP contribution in [0, 0.1) is 35.6 Å². The number of hydrogen-bond acceptors (Lipinski definition) is 2. The molecule has 0 fully saturated rings. The van der Waals surface area contributed by atoms with Gasteiger partial charge in [0.15, 0.2) is 0 Å². The largest absolute Gasteiger partial charge is 0.506 e. The van der Waals surface area contributed by atoms with Gasteiger partial charge in [-0.05, 0) is 42.5 Å². The summed E-state index contributed by atoms with van der Waals surface area (Å²) in [5, 5.41) is 10.7. The predicted molar refractivity (Wildman–Crippen MR) is 139 cm³/mol. The van der Waals surface area contributed by atoms with Crippen LogP contribution in [0.3, 0.4) is 0 Å². The van der Waals surface area contributed by atoms with E-state index >= 15 is 17.6 Å². The van der Waals surface area contributed by atoms with E-state index in [4.69, 9.17) is 6.42 Å². The first-order valence-electron chi connectivity index (χ1n) is 11.3. The first-order valence-corrected chi connectivity index (χ1v) is 11.3. The first-order chi connectivity index (χ1) is 17.9. The van der Waals surface area contributed by atoms with Crippen LogP contribution in [0.5, 0.6) is 5.75 Å². The number of terminal acetylenes is 1. The number of allylic oxidation sites excluding steroid dienone is 3. The molecule has 0 unspecified atom stereocenters. The highest BCUT2D eigenvalue weighted by atomic mass is 19.1. The van der Waals surface area contributed by atoms with Gasteiger partial charge in [-0.15, -0.1) is 6.42 Å². The van der Waals surface area contributed by atoms with Gasteiger partial charge in [-0.1, -0.05) is 66.6 Å². The van der Waals surface area contributed by atoms with Crippen LogP contribution >= 0.6 is 0 Å². The molecule has 1 N–H and O–H groups in total. The van der Waals surface area contributed by atoms with Gasteiger partial charge < -0.3 is 10.0 Å². The second-order valence-corrected chi connectivity index (χ2v) is 7.95. The van der Waals surface area contributed by atoms with Crippen LogP contribution in [0.15, 0.2) is 103 Å². The molecule has 0 radical (unpaired) electrons. The van der Waals surface area contributed by atoms with Gasteiger partial charge in [-0.3, -0.25) is 0 Å². The van der Waals surface area contributed by atoms with Crippen molar-refractivity contribution in [2.45, 2.75) is 0 Å². The maximum Gasteiger partial charge on any atom is 0.139 e. The highest BCUT2D eigenvalue weighted by molar-refractivity contribution is 5.95. The van der Waals surface area contributed by atoms with Crippen LogP contribution in [0.4, 0.5) is 28.9 Å². The van der Waals surface area contributed by atoms with Gasteiger partial charge in [0.2, 0.25) is 0 Å². The lowest BCUT2D eigenvalue weighted by molar-refractivity contribution is 0.476. The number of nitrogens with zero attached hydrogens (tertiary/aromatic N) is 1. The highest BCUT2D eigenvalue weighted by Gasteiger charge is 2.26. The lowest BCUT2D eigenvalue weighted by Crippen LogP contribution is -2.19. The Morgan fingerprint density at radius 2 is 1.22 bits per heavy atom. The lowest BCUT2D eigenvalue weighted by Gasteiger charge is -2.30. The molecule has 2 nitrogen and oxygen atoms in total. The van der Waals surface area contributed by atoms with Gasteiger partial charge in [-0.2, -0.15) is 0 Å². The molecule has 0 heterocycles. The number of aromatic hydroxyl groups is 1. The molecular formula is C31H21F4NO. The third kappa shape index (κ3) is 5.26. The Morgan fingerprint density at radius 1 is 0.703 bits per heavy atom. The van der Waals surface area contributed by atoms with E-state index in [0.717, 1.165) is 24.3 Å². The summed E-state index contributed by atoms with van der Waals surface area (Å²) in [7, 11) is 0. The van der Waals surface area contributed by atoms with Crippen LogP contribution in [0.1, 0.15) is 0 Å². The number of phenolic OH excluding ortho intramolecular Hbond substituents is 1. The van der Waals surface area contributed by atoms with E-state index in [2.05, 4.69) is 5.92 Å².